The van der Waals surface area contributed by atoms with E-state index in [4.69, 9.17) is 19.9 Å². The van der Waals surface area contributed by atoms with Gasteiger partial charge in [0.25, 0.3) is 10.0 Å². The monoisotopic (exact) mass is 441 g/mol. The third-order valence-corrected chi connectivity index (χ3v) is 7.23. The highest BCUT2D eigenvalue weighted by atomic mass is 32.2. The standard InChI is InChI=1S/C21H19N3O6S/c1-24-14-7-5-4-6-12(14)19-20(31(24,26)27)17(13(10-22)21(23)30-19)11-8-15(28-2)18(25)16(9-11)29-3/h4-9,17,25H,23H2,1-3H3/t17-/m0/s1. The maximum Gasteiger partial charge on any atom is 0.264 e. The highest BCUT2D eigenvalue weighted by Gasteiger charge is 2.46. The number of para-hydroxylation sites is 1. The van der Waals surface area contributed by atoms with Gasteiger partial charge in [0.1, 0.15) is 16.5 Å². The average molecular weight is 441 g/mol. The van der Waals surface area contributed by atoms with Gasteiger partial charge in [-0.1, -0.05) is 12.1 Å². The number of ether oxygens (including phenoxy) is 3. The van der Waals surface area contributed by atoms with Crippen molar-refractivity contribution in [2.24, 2.45) is 5.73 Å². The predicted octanol–water partition coefficient (Wildman–Crippen LogP) is 2.37. The van der Waals surface area contributed by atoms with Crippen LogP contribution in [0.15, 0.2) is 52.8 Å². The number of hydrogen-bond acceptors (Lipinski definition) is 8. The number of nitrogens with two attached hydrogens (primary N) is 1. The molecule has 2 aliphatic rings. The number of benzene rings is 2. The topological polar surface area (TPSA) is 135 Å². The molecule has 31 heavy (non-hydrogen) atoms. The van der Waals surface area contributed by atoms with E-state index in [1.807, 2.05) is 6.07 Å². The zero-order valence-corrected chi connectivity index (χ0v) is 17.7. The number of sulfonamides is 1. The molecule has 4 rings (SSSR count). The van der Waals surface area contributed by atoms with Gasteiger partial charge < -0.3 is 25.1 Å². The Hall–Kier alpha value is -3.84. The van der Waals surface area contributed by atoms with Gasteiger partial charge in [-0.05, 0) is 29.8 Å². The van der Waals surface area contributed by atoms with Crippen molar-refractivity contribution in [3.63, 3.8) is 0 Å². The summed E-state index contributed by atoms with van der Waals surface area (Å²) in [5, 5.41) is 20.1. The highest BCUT2D eigenvalue weighted by molar-refractivity contribution is 7.96. The molecule has 0 amide bonds. The number of fused-ring (bicyclic) bond motifs is 2. The van der Waals surface area contributed by atoms with Crippen LogP contribution in [-0.4, -0.2) is 34.8 Å². The molecule has 2 aromatic carbocycles. The van der Waals surface area contributed by atoms with E-state index >= 15 is 0 Å². The Morgan fingerprint density at radius 1 is 1.19 bits per heavy atom. The predicted molar refractivity (Wildman–Crippen MR) is 113 cm³/mol. The summed E-state index contributed by atoms with van der Waals surface area (Å²) in [6.45, 7) is 0. The summed E-state index contributed by atoms with van der Waals surface area (Å²) in [7, 11) is 0.0474. The minimum Gasteiger partial charge on any atom is -0.502 e. The lowest BCUT2D eigenvalue weighted by molar-refractivity contribution is 0.338. The quantitative estimate of drug-likeness (QED) is 0.741. The fraction of sp³-hybridized carbons (Fsp3) is 0.190. The summed E-state index contributed by atoms with van der Waals surface area (Å²) >= 11 is 0. The van der Waals surface area contributed by atoms with Crippen molar-refractivity contribution >= 4 is 21.5 Å². The summed E-state index contributed by atoms with van der Waals surface area (Å²) in [4.78, 5) is -0.130. The number of anilines is 1. The van der Waals surface area contributed by atoms with Gasteiger partial charge in [0.15, 0.2) is 17.3 Å². The van der Waals surface area contributed by atoms with Gasteiger partial charge in [-0.3, -0.25) is 4.31 Å². The van der Waals surface area contributed by atoms with E-state index in [2.05, 4.69) is 0 Å². The Balaban J connectivity index is 2.09. The molecule has 1 atom stereocenters. The summed E-state index contributed by atoms with van der Waals surface area (Å²) in [5.41, 5.74) is 7.26. The molecule has 2 heterocycles. The number of nitriles is 1. The Morgan fingerprint density at radius 3 is 2.39 bits per heavy atom. The number of rotatable bonds is 3. The average Bonchev–Trinajstić information content (AvgIpc) is 2.77. The van der Waals surface area contributed by atoms with Crippen molar-refractivity contribution in [1.29, 1.82) is 5.26 Å². The molecule has 2 aromatic rings. The molecule has 0 aliphatic carbocycles. The van der Waals surface area contributed by atoms with E-state index in [0.717, 1.165) is 4.31 Å². The fourth-order valence-electron chi connectivity index (χ4n) is 3.81. The van der Waals surface area contributed by atoms with Crippen molar-refractivity contribution in [1.82, 2.24) is 0 Å². The van der Waals surface area contributed by atoms with Gasteiger partial charge in [-0.25, -0.2) is 8.42 Å². The van der Waals surface area contributed by atoms with E-state index in [9.17, 15) is 18.8 Å². The number of aromatic hydroxyl groups is 1. The second kappa shape index (κ2) is 7.14. The summed E-state index contributed by atoms with van der Waals surface area (Å²) in [6.07, 6.45) is 0. The number of hydrogen-bond donors (Lipinski definition) is 2. The van der Waals surface area contributed by atoms with Gasteiger partial charge in [-0.2, -0.15) is 5.26 Å². The first-order chi connectivity index (χ1) is 14.8. The first-order valence-corrected chi connectivity index (χ1v) is 10.5. The van der Waals surface area contributed by atoms with Crippen LogP contribution in [0.5, 0.6) is 17.2 Å². The molecule has 0 spiro atoms. The van der Waals surface area contributed by atoms with Crippen LogP contribution in [0.1, 0.15) is 17.0 Å². The van der Waals surface area contributed by atoms with E-state index in [1.165, 1.54) is 33.4 Å². The molecular formula is C21H19N3O6S. The van der Waals surface area contributed by atoms with Crippen LogP contribution >= 0.6 is 0 Å². The highest BCUT2D eigenvalue weighted by Crippen LogP contribution is 2.52. The summed E-state index contributed by atoms with van der Waals surface area (Å²) < 4.78 is 44.3. The van der Waals surface area contributed by atoms with Crippen LogP contribution in [-0.2, 0) is 14.8 Å². The summed E-state index contributed by atoms with van der Waals surface area (Å²) in [5.74, 6) is -1.38. The van der Waals surface area contributed by atoms with Gasteiger partial charge in [0, 0.05) is 12.6 Å². The Kier molecular flexibility index (Phi) is 4.71. The number of nitrogens with zero attached hydrogens (tertiary/aromatic N) is 2. The molecule has 9 nitrogen and oxygen atoms in total. The van der Waals surface area contributed by atoms with Crippen molar-refractivity contribution in [3.05, 3.63) is 63.9 Å². The second-order valence-corrected chi connectivity index (χ2v) is 8.82. The molecule has 0 fully saturated rings. The van der Waals surface area contributed by atoms with Gasteiger partial charge in [0.05, 0.1) is 25.8 Å². The molecule has 0 radical (unpaired) electrons. The summed E-state index contributed by atoms with van der Waals surface area (Å²) in [6, 6.07) is 11.7. The molecule has 160 valence electrons. The lowest BCUT2D eigenvalue weighted by Gasteiger charge is -2.36. The lowest BCUT2D eigenvalue weighted by atomic mass is 9.88. The second-order valence-electron chi connectivity index (χ2n) is 6.88. The molecule has 0 saturated carbocycles. The fourth-order valence-corrected chi connectivity index (χ4v) is 5.46. The van der Waals surface area contributed by atoms with Crippen LogP contribution in [0.2, 0.25) is 0 Å². The van der Waals surface area contributed by atoms with Crippen LogP contribution in [0.25, 0.3) is 5.76 Å². The van der Waals surface area contributed by atoms with E-state index in [1.54, 1.807) is 24.3 Å². The third kappa shape index (κ3) is 2.85. The van der Waals surface area contributed by atoms with Gasteiger partial charge in [-0.15, -0.1) is 0 Å². The maximum absolute atomic E-state index is 13.5. The first-order valence-electron chi connectivity index (χ1n) is 9.11. The Bertz CT molecular complexity index is 1280. The van der Waals surface area contributed by atoms with Crippen molar-refractivity contribution in [2.45, 2.75) is 5.92 Å². The Labute approximate surface area is 179 Å². The SMILES string of the molecule is COc1cc([C@H]2C(C#N)=C(N)OC3=C2S(=O)(=O)N(C)c2ccccc23)cc(OC)c1O. The van der Waals surface area contributed by atoms with E-state index in [-0.39, 0.29) is 39.4 Å². The molecule has 0 bridgehead atoms. The first kappa shape index (κ1) is 20.4. The molecular weight excluding hydrogens is 422 g/mol. The normalized spacial score (nSPS) is 19.2. The largest absolute Gasteiger partial charge is 0.502 e. The maximum atomic E-state index is 13.5. The van der Waals surface area contributed by atoms with Crippen molar-refractivity contribution < 1.29 is 27.7 Å². The van der Waals surface area contributed by atoms with Crippen molar-refractivity contribution in [3.8, 4) is 23.3 Å². The number of allylic oxidation sites excluding steroid dienone is 2. The number of methoxy groups -OCH3 is 2. The Morgan fingerprint density at radius 2 is 1.81 bits per heavy atom. The van der Waals surface area contributed by atoms with Crippen LogP contribution < -0.4 is 19.5 Å². The number of phenolic OH excluding ortho intramolecular Hbond substituents is 1. The van der Waals surface area contributed by atoms with Crippen LogP contribution in [0, 0.1) is 11.3 Å². The minimum atomic E-state index is -4.09. The van der Waals surface area contributed by atoms with E-state index < -0.39 is 15.9 Å². The smallest absolute Gasteiger partial charge is 0.264 e. The molecule has 0 aromatic heterocycles. The van der Waals surface area contributed by atoms with Crippen molar-refractivity contribution in [2.75, 3.05) is 25.6 Å². The lowest BCUT2D eigenvalue weighted by Crippen LogP contribution is -2.37. The number of phenols is 1. The molecule has 3 N–H and O–H groups in total. The molecule has 2 aliphatic heterocycles. The van der Waals surface area contributed by atoms with Crippen LogP contribution in [0.4, 0.5) is 5.69 Å². The van der Waals surface area contributed by atoms with E-state index in [0.29, 0.717) is 16.8 Å². The minimum absolute atomic E-state index is 0.0563. The van der Waals surface area contributed by atoms with Gasteiger partial charge in [0.2, 0.25) is 11.6 Å². The third-order valence-electron chi connectivity index (χ3n) is 5.33. The van der Waals surface area contributed by atoms with Gasteiger partial charge >= 0.3 is 0 Å². The van der Waals surface area contributed by atoms with Crippen LogP contribution in [0.3, 0.4) is 0 Å². The molecule has 10 heteroatoms. The molecule has 0 saturated heterocycles. The zero-order chi connectivity index (χ0) is 22.5. The zero-order valence-electron chi connectivity index (χ0n) is 16.9. The molecule has 0 unspecified atom stereocenters.